The zero-order valence-electron chi connectivity index (χ0n) is 14.5. The molecule has 0 aliphatic heterocycles. The van der Waals surface area contributed by atoms with Crippen LogP contribution in [0.5, 0.6) is 11.5 Å². The average molecular weight is 357 g/mol. The van der Waals surface area contributed by atoms with Crippen molar-refractivity contribution < 1.29 is 27.4 Å². The Morgan fingerprint density at radius 1 is 1.25 bits per heavy atom. The molecule has 1 rings (SSSR count). The van der Waals surface area contributed by atoms with Crippen molar-refractivity contribution >= 4 is 22.1 Å². The van der Waals surface area contributed by atoms with E-state index >= 15 is 0 Å². The number of ether oxygens (including phenoxy) is 3. The van der Waals surface area contributed by atoms with Gasteiger partial charge in [-0.05, 0) is 37.1 Å². The topological polar surface area (TPSA) is 90.9 Å². The molecule has 0 aliphatic rings. The zero-order chi connectivity index (χ0) is 18.3. The molecular weight excluding hydrogens is 334 g/mol. The van der Waals surface area contributed by atoms with E-state index in [0.717, 1.165) is 0 Å². The average Bonchev–Trinajstić information content (AvgIpc) is 2.57. The van der Waals surface area contributed by atoms with Crippen molar-refractivity contribution in [1.29, 1.82) is 0 Å². The van der Waals surface area contributed by atoms with E-state index in [0.29, 0.717) is 12.0 Å². The van der Waals surface area contributed by atoms with Crippen LogP contribution in [0.4, 0.5) is 0 Å². The van der Waals surface area contributed by atoms with E-state index in [4.69, 9.17) is 9.47 Å². The second-order valence-corrected chi connectivity index (χ2v) is 6.72. The molecule has 1 aromatic carbocycles. The minimum Gasteiger partial charge on any atom is -0.493 e. The SMILES string of the molecule is CC[C@@H](C)NS(=O)(=O)c1cc(/C=C\C(=O)OC)cc(OC)c1OC. The van der Waals surface area contributed by atoms with E-state index in [1.807, 2.05) is 6.92 Å². The quantitative estimate of drug-likeness (QED) is 0.565. The Balaban J connectivity index is 3.45. The zero-order valence-corrected chi connectivity index (χ0v) is 15.3. The first-order valence-electron chi connectivity index (χ1n) is 7.33. The Morgan fingerprint density at radius 2 is 1.92 bits per heavy atom. The summed E-state index contributed by atoms with van der Waals surface area (Å²) in [6.45, 7) is 3.64. The van der Waals surface area contributed by atoms with Crippen molar-refractivity contribution in [2.75, 3.05) is 21.3 Å². The molecule has 0 amide bonds. The predicted molar refractivity (Wildman–Crippen MR) is 90.7 cm³/mol. The van der Waals surface area contributed by atoms with Gasteiger partial charge in [0, 0.05) is 12.1 Å². The number of rotatable bonds is 8. The molecule has 7 nitrogen and oxygen atoms in total. The molecule has 0 spiro atoms. The van der Waals surface area contributed by atoms with Gasteiger partial charge in [-0.25, -0.2) is 17.9 Å². The molecule has 1 N–H and O–H groups in total. The lowest BCUT2D eigenvalue weighted by Gasteiger charge is -2.17. The largest absolute Gasteiger partial charge is 0.493 e. The van der Waals surface area contributed by atoms with E-state index < -0.39 is 16.0 Å². The highest BCUT2D eigenvalue weighted by atomic mass is 32.2. The highest BCUT2D eigenvalue weighted by Gasteiger charge is 2.24. The third-order valence-corrected chi connectivity index (χ3v) is 4.93. The van der Waals surface area contributed by atoms with Gasteiger partial charge in [-0.3, -0.25) is 0 Å². The smallest absolute Gasteiger partial charge is 0.330 e. The van der Waals surface area contributed by atoms with Crippen molar-refractivity contribution in [3.05, 3.63) is 23.8 Å². The van der Waals surface area contributed by atoms with Crippen LogP contribution in [0.2, 0.25) is 0 Å². The van der Waals surface area contributed by atoms with Crippen molar-refractivity contribution in [1.82, 2.24) is 4.72 Å². The van der Waals surface area contributed by atoms with Crippen LogP contribution in [0.3, 0.4) is 0 Å². The Hall–Kier alpha value is -2.06. The Labute approximate surface area is 142 Å². The summed E-state index contributed by atoms with van der Waals surface area (Å²) >= 11 is 0. The molecule has 0 fully saturated rings. The first-order chi connectivity index (χ1) is 11.3. The molecule has 0 saturated heterocycles. The highest BCUT2D eigenvalue weighted by molar-refractivity contribution is 7.89. The van der Waals surface area contributed by atoms with E-state index in [-0.39, 0.29) is 22.4 Å². The first kappa shape index (κ1) is 20.0. The molecule has 1 atom stereocenters. The third-order valence-electron chi connectivity index (χ3n) is 3.34. The maximum absolute atomic E-state index is 12.6. The summed E-state index contributed by atoms with van der Waals surface area (Å²) in [5.41, 5.74) is 0.461. The van der Waals surface area contributed by atoms with Gasteiger partial charge in [0.05, 0.1) is 21.3 Å². The molecule has 0 aliphatic carbocycles. The fourth-order valence-electron chi connectivity index (χ4n) is 1.89. The molecule has 0 aromatic heterocycles. The van der Waals surface area contributed by atoms with Crippen LogP contribution < -0.4 is 14.2 Å². The van der Waals surface area contributed by atoms with Gasteiger partial charge < -0.3 is 14.2 Å². The van der Waals surface area contributed by atoms with E-state index in [1.54, 1.807) is 13.0 Å². The number of hydrogen-bond acceptors (Lipinski definition) is 6. The molecule has 24 heavy (non-hydrogen) atoms. The van der Waals surface area contributed by atoms with Gasteiger partial charge in [0.2, 0.25) is 10.0 Å². The molecule has 0 bridgehead atoms. The second kappa shape index (κ2) is 8.70. The maximum Gasteiger partial charge on any atom is 0.330 e. The van der Waals surface area contributed by atoms with Crippen molar-refractivity contribution in [3.63, 3.8) is 0 Å². The van der Waals surface area contributed by atoms with Gasteiger partial charge in [-0.15, -0.1) is 0 Å². The minimum absolute atomic E-state index is 0.0610. The lowest BCUT2D eigenvalue weighted by Crippen LogP contribution is -2.32. The van der Waals surface area contributed by atoms with Crippen molar-refractivity contribution in [2.24, 2.45) is 0 Å². The molecule has 1 aromatic rings. The summed E-state index contributed by atoms with van der Waals surface area (Å²) in [6.07, 6.45) is 3.27. The summed E-state index contributed by atoms with van der Waals surface area (Å²) < 4.78 is 42.8. The monoisotopic (exact) mass is 357 g/mol. The van der Waals surface area contributed by atoms with E-state index in [1.165, 1.54) is 39.5 Å². The van der Waals surface area contributed by atoms with Gasteiger partial charge in [0.15, 0.2) is 11.5 Å². The van der Waals surface area contributed by atoms with Gasteiger partial charge in [-0.1, -0.05) is 6.92 Å². The minimum atomic E-state index is -3.82. The van der Waals surface area contributed by atoms with Crippen LogP contribution in [-0.2, 0) is 19.6 Å². The van der Waals surface area contributed by atoms with E-state index in [2.05, 4.69) is 9.46 Å². The molecule has 0 saturated carbocycles. The number of hydrogen-bond donors (Lipinski definition) is 1. The van der Waals surface area contributed by atoms with Crippen LogP contribution in [0.1, 0.15) is 25.8 Å². The molecular formula is C16H23NO6S. The lowest BCUT2D eigenvalue weighted by atomic mass is 10.2. The number of carbonyl (C=O) groups is 1. The summed E-state index contributed by atoms with van der Waals surface area (Å²) in [7, 11) is 0.211. The number of esters is 1. The van der Waals surface area contributed by atoms with Gasteiger partial charge in [0.25, 0.3) is 0 Å². The second-order valence-electron chi connectivity index (χ2n) is 5.04. The summed E-state index contributed by atoms with van der Waals surface area (Å²) in [4.78, 5) is 11.2. The summed E-state index contributed by atoms with van der Waals surface area (Å²) in [5, 5.41) is 0. The number of nitrogens with one attached hydrogen (secondary N) is 1. The van der Waals surface area contributed by atoms with Crippen LogP contribution in [-0.4, -0.2) is 41.8 Å². The number of carbonyl (C=O) groups excluding carboxylic acids is 1. The van der Waals surface area contributed by atoms with Crippen LogP contribution in [0.15, 0.2) is 23.1 Å². The van der Waals surface area contributed by atoms with Crippen LogP contribution in [0.25, 0.3) is 6.08 Å². The number of methoxy groups -OCH3 is 3. The van der Waals surface area contributed by atoms with Crippen molar-refractivity contribution in [2.45, 2.75) is 31.2 Å². The standard InChI is InChI=1S/C16H23NO6S/c1-6-11(2)17-24(19,20)14-10-12(7-8-15(18)22-4)9-13(21-3)16(14)23-5/h7-11,17H,6H2,1-5H3/b8-7-/t11-/m1/s1. The molecule has 0 heterocycles. The Bertz CT molecular complexity index is 712. The maximum atomic E-state index is 12.6. The van der Waals surface area contributed by atoms with Crippen molar-refractivity contribution in [3.8, 4) is 11.5 Å². The van der Waals surface area contributed by atoms with Gasteiger partial charge >= 0.3 is 5.97 Å². The normalized spacial score (nSPS) is 12.9. The fourth-order valence-corrected chi connectivity index (χ4v) is 3.43. The van der Waals surface area contributed by atoms with E-state index in [9.17, 15) is 13.2 Å². The van der Waals surface area contributed by atoms with Gasteiger partial charge in [0.1, 0.15) is 4.90 Å². The molecule has 0 radical (unpaired) electrons. The highest BCUT2D eigenvalue weighted by Crippen LogP contribution is 2.36. The number of benzene rings is 1. The third kappa shape index (κ3) is 4.97. The van der Waals surface area contributed by atoms with Crippen LogP contribution in [0, 0.1) is 0 Å². The van der Waals surface area contributed by atoms with Crippen LogP contribution >= 0.6 is 0 Å². The molecule has 0 unspecified atom stereocenters. The summed E-state index contributed by atoms with van der Waals surface area (Å²) in [5.74, 6) is -0.204. The van der Waals surface area contributed by atoms with Gasteiger partial charge in [-0.2, -0.15) is 0 Å². The predicted octanol–water partition coefficient (Wildman–Crippen LogP) is 1.97. The lowest BCUT2D eigenvalue weighted by molar-refractivity contribution is -0.134. The Kier molecular flexibility index (Phi) is 7.24. The molecule has 8 heteroatoms. The fraction of sp³-hybridized carbons (Fsp3) is 0.438. The first-order valence-corrected chi connectivity index (χ1v) is 8.81. The summed E-state index contributed by atoms with van der Waals surface area (Å²) in [6, 6.07) is 2.74. The molecule has 134 valence electrons. The number of sulfonamides is 1. The Morgan fingerprint density at radius 3 is 2.42 bits per heavy atom.